The Morgan fingerprint density at radius 1 is 1.24 bits per heavy atom. The van der Waals surface area contributed by atoms with Crippen molar-refractivity contribution in [2.75, 3.05) is 32.1 Å². The van der Waals surface area contributed by atoms with Crippen LogP contribution in [0.15, 0.2) is 29.2 Å². The Labute approximate surface area is 127 Å². The van der Waals surface area contributed by atoms with Crippen LogP contribution in [0.25, 0.3) is 0 Å². The molecular formula is C15H24N2O3S. The summed E-state index contributed by atoms with van der Waals surface area (Å²) in [5.74, 6) is 0. The first-order valence-electron chi connectivity index (χ1n) is 7.37. The van der Waals surface area contributed by atoms with Crippen molar-refractivity contribution in [3.05, 3.63) is 24.3 Å². The van der Waals surface area contributed by atoms with E-state index in [0.29, 0.717) is 10.9 Å². The molecule has 0 saturated carbocycles. The maximum atomic E-state index is 12.1. The number of sulfonamides is 1. The molecule has 1 N–H and O–H groups in total. The molecule has 1 saturated heterocycles. The molecule has 2 rings (SSSR count). The van der Waals surface area contributed by atoms with Crippen molar-refractivity contribution in [2.24, 2.45) is 0 Å². The van der Waals surface area contributed by atoms with E-state index in [0.717, 1.165) is 31.5 Å². The topological polar surface area (TPSA) is 60.9 Å². The van der Waals surface area contributed by atoms with Crippen LogP contribution in [0.5, 0.6) is 0 Å². The average molecular weight is 312 g/mol. The van der Waals surface area contributed by atoms with Crippen molar-refractivity contribution in [2.45, 2.75) is 36.6 Å². The number of aliphatic hydroxyl groups is 1. The second-order valence-electron chi connectivity index (χ2n) is 5.64. The van der Waals surface area contributed by atoms with E-state index in [1.165, 1.54) is 24.8 Å². The average Bonchev–Trinajstić information content (AvgIpc) is 2.48. The third-order valence-electron chi connectivity index (χ3n) is 4.04. The molecule has 0 amide bonds. The van der Waals surface area contributed by atoms with Gasteiger partial charge in [0.15, 0.2) is 0 Å². The zero-order valence-corrected chi connectivity index (χ0v) is 13.5. The predicted octanol–water partition coefficient (Wildman–Crippen LogP) is 1.68. The van der Waals surface area contributed by atoms with Gasteiger partial charge in [-0.1, -0.05) is 0 Å². The normalized spacial score (nSPS) is 20.0. The van der Waals surface area contributed by atoms with Crippen molar-refractivity contribution < 1.29 is 13.5 Å². The van der Waals surface area contributed by atoms with E-state index in [1.54, 1.807) is 12.1 Å². The van der Waals surface area contributed by atoms with Gasteiger partial charge in [0.05, 0.1) is 4.90 Å². The van der Waals surface area contributed by atoms with Gasteiger partial charge in [0.25, 0.3) is 0 Å². The minimum absolute atomic E-state index is 0.189. The highest BCUT2D eigenvalue weighted by atomic mass is 32.2. The third kappa shape index (κ3) is 3.56. The first kappa shape index (κ1) is 16.3. The minimum atomic E-state index is -3.37. The zero-order valence-electron chi connectivity index (χ0n) is 12.7. The van der Waals surface area contributed by atoms with Gasteiger partial charge < -0.3 is 10.0 Å². The first-order valence-corrected chi connectivity index (χ1v) is 8.81. The number of benzene rings is 1. The van der Waals surface area contributed by atoms with Crippen LogP contribution in [0.4, 0.5) is 5.69 Å². The lowest BCUT2D eigenvalue weighted by atomic mass is 9.99. The molecule has 0 spiro atoms. The largest absolute Gasteiger partial charge is 0.396 e. The summed E-state index contributed by atoms with van der Waals surface area (Å²) < 4.78 is 25.4. The van der Waals surface area contributed by atoms with Gasteiger partial charge in [0, 0.05) is 39.0 Å². The smallest absolute Gasteiger partial charge is 0.242 e. The molecule has 21 heavy (non-hydrogen) atoms. The molecule has 1 fully saturated rings. The van der Waals surface area contributed by atoms with Gasteiger partial charge in [0.2, 0.25) is 10.0 Å². The lowest BCUT2D eigenvalue weighted by molar-refractivity contribution is 0.262. The molecule has 0 aromatic heterocycles. The SMILES string of the molecule is CN(C)S(=O)(=O)c1ccc(N2CCCCC2CCO)cc1. The maximum Gasteiger partial charge on any atom is 0.242 e. The second kappa shape index (κ2) is 6.77. The van der Waals surface area contributed by atoms with Crippen molar-refractivity contribution in [3.63, 3.8) is 0 Å². The van der Waals surface area contributed by atoms with Crippen LogP contribution in [0.2, 0.25) is 0 Å². The van der Waals surface area contributed by atoms with Crippen molar-refractivity contribution >= 4 is 15.7 Å². The molecule has 1 aliphatic heterocycles. The van der Waals surface area contributed by atoms with Crippen LogP contribution < -0.4 is 4.90 Å². The highest BCUT2D eigenvalue weighted by Crippen LogP contribution is 2.27. The molecule has 1 aliphatic rings. The standard InChI is InChI=1S/C15H24N2O3S/c1-16(2)21(19,20)15-8-6-14(7-9-15)17-11-4-3-5-13(17)10-12-18/h6-9,13,18H,3-5,10-12H2,1-2H3. The molecule has 118 valence electrons. The first-order chi connectivity index (χ1) is 9.96. The fourth-order valence-electron chi connectivity index (χ4n) is 2.81. The van der Waals surface area contributed by atoms with E-state index < -0.39 is 10.0 Å². The Morgan fingerprint density at radius 3 is 2.48 bits per heavy atom. The van der Waals surface area contributed by atoms with E-state index in [1.807, 2.05) is 12.1 Å². The lowest BCUT2D eigenvalue weighted by Crippen LogP contribution is -2.40. The van der Waals surface area contributed by atoms with Crippen LogP contribution >= 0.6 is 0 Å². The molecular weight excluding hydrogens is 288 g/mol. The number of nitrogens with zero attached hydrogens (tertiary/aromatic N) is 2. The summed E-state index contributed by atoms with van der Waals surface area (Å²) in [5.41, 5.74) is 1.03. The number of hydrogen-bond donors (Lipinski definition) is 1. The quantitative estimate of drug-likeness (QED) is 0.898. The van der Waals surface area contributed by atoms with Crippen LogP contribution in [-0.4, -0.2) is 51.1 Å². The van der Waals surface area contributed by atoms with E-state index in [2.05, 4.69) is 4.90 Å². The molecule has 1 atom stereocenters. The lowest BCUT2D eigenvalue weighted by Gasteiger charge is -2.37. The van der Waals surface area contributed by atoms with Gasteiger partial charge in [-0.15, -0.1) is 0 Å². The van der Waals surface area contributed by atoms with Gasteiger partial charge >= 0.3 is 0 Å². The predicted molar refractivity (Wildman–Crippen MR) is 84.0 cm³/mol. The fourth-order valence-corrected chi connectivity index (χ4v) is 3.71. The highest BCUT2D eigenvalue weighted by Gasteiger charge is 2.23. The minimum Gasteiger partial charge on any atom is -0.396 e. The number of piperidine rings is 1. The van der Waals surface area contributed by atoms with Gasteiger partial charge in [-0.3, -0.25) is 0 Å². The van der Waals surface area contributed by atoms with Crippen molar-refractivity contribution in [3.8, 4) is 0 Å². The summed E-state index contributed by atoms with van der Waals surface area (Å²) in [6.07, 6.45) is 4.17. The van der Waals surface area contributed by atoms with E-state index in [9.17, 15) is 13.5 Å². The number of hydrogen-bond acceptors (Lipinski definition) is 4. The van der Waals surface area contributed by atoms with Crippen molar-refractivity contribution in [1.82, 2.24) is 4.31 Å². The summed E-state index contributed by atoms with van der Waals surface area (Å²) in [7, 11) is -0.308. The number of aliphatic hydroxyl groups excluding tert-OH is 1. The number of anilines is 1. The van der Waals surface area contributed by atoms with Crippen LogP contribution in [-0.2, 0) is 10.0 Å². The second-order valence-corrected chi connectivity index (χ2v) is 7.79. The molecule has 1 heterocycles. The Bertz CT molecular complexity index is 553. The molecule has 6 heteroatoms. The summed E-state index contributed by atoms with van der Waals surface area (Å²) in [4.78, 5) is 2.60. The van der Waals surface area contributed by atoms with Crippen LogP contribution in [0, 0.1) is 0 Å². The number of rotatable bonds is 5. The molecule has 5 nitrogen and oxygen atoms in total. The molecule has 1 unspecified atom stereocenters. The summed E-state index contributed by atoms with van der Waals surface area (Å²) >= 11 is 0. The molecule has 0 radical (unpaired) electrons. The van der Waals surface area contributed by atoms with Gasteiger partial charge in [-0.2, -0.15) is 0 Å². The molecule has 0 bridgehead atoms. The van der Waals surface area contributed by atoms with Gasteiger partial charge in [-0.25, -0.2) is 12.7 Å². The Morgan fingerprint density at radius 2 is 1.90 bits per heavy atom. The van der Waals surface area contributed by atoms with Crippen LogP contribution in [0.1, 0.15) is 25.7 Å². The fraction of sp³-hybridized carbons (Fsp3) is 0.600. The van der Waals surface area contributed by atoms with Crippen LogP contribution in [0.3, 0.4) is 0 Å². The monoisotopic (exact) mass is 312 g/mol. The summed E-state index contributed by atoms with van der Waals surface area (Å²) in [5, 5.41) is 9.18. The van der Waals surface area contributed by atoms with Gasteiger partial charge in [-0.05, 0) is 49.9 Å². The molecule has 1 aromatic carbocycles. The Balaban J connectivity index is 2.21. The highest BCUT2D eigenvalue weighted by molar-refractivity contribution is 7.89. The summed E-state index contributed by atoms with van der Waals surface area (Å²) in [6, 6.07) is 7.41. The van der Waals surface area contributed by atoms with E-state index in [-0.39, 0.29) is 6.61 Å². The molecule has 0 aliphatic carbocycles. The molecule has 1 aromatic rings. The maximum absolute atomic E-state index is 12.1. The zero-order chi connectivity index (χ0) is 15.5. The Kier molecular flexibility index (Phi) is 5.24. The van der Waals surface area contributed by atoms with E-state index >= 15 is 0 Å². The Hall–Kier alpha value is -1.11. The summed E-state index contributed by atoms with van der Waals surface area (Å²) in [6.45, 7) is 1.15. The van der Waals surface area contributed by atoms with E-state index in [4.69, 9.17) is 0 Å². The third-order valence-corrected chi connectivity index (χ3v) is 5.87. The van der Waals surface area contributed by atoms with Crippen molar-refractivity contribution in [1.29, 1.82) is 0 Å². The van der Waals surface area contributed by atoms with Gasteiger partial charge in [0.1, 0.15) is 0 Å².